The van der Waals surface area contributed by atoms with Crippen molar-refractivity contribution in [1.82, 2.24) is 9.55 Å². The maximum absolute atomic E-state index is 12.5. The fraction of sp³-hybridized carbons (Fsp3) is 0.474. The number of rotatable bonds is 5. The second-order valence-corrected chi connectivity index (χ2v) is 9.84. The quantitative estimate of drug-likeness (QED) is 0.546. The van der Waals surface area contributed by atoms with Crippen LogP contribution in [-0.2, 0) is 19.0 Å². The number of fused-ring (bicyclic) bond motifs is 1. The van der Waals surface area contributed by atoms with Gasteiger partial charge in [-0.2, -0.15) is 13.4 Å². The van der Waals surface area contributed by atoms with Crippen molar-refractivity contribution in [3.05, 3.63) is 52.6 Å². The number of hydrogen-bond donors (Lipinski definition) is 3. The second kappa shape index (κ2) is 6.34. The minimum absolute atomic E-state index is 0.00405. The molecule has 4 rings (SSSR count). The number of nitrogens with two attached hydrogens (primary N) is 1. The average Bonchev–Trinajstić information content (AvgIpc) is 2.89. The second-order valence-electron chi connectivity index (χ2n) is 8.23. The summed E-state index contributed by atoms with van der Waals surface area (Å²) in [7, 11) is -4.12. The van der Waals surface area contributed by atoms with Crippen molar-refractivity contribution in [1.29, 1.82) is 0 Å². The van der Waals surface area contributed by atoms with Crippen LogP contribution in [0.5, 0.6) is 0 Å². The summed E-state index contributed by atoms with van der Waals surface area (Å²) < 4.78 is 36.9. The van der Waals surface area contributed by atoms with Crippen molar-refractivity contribution < 1.29 is 27.6 Å². The summed E-state index contributed by atoms with van der Waals surface area (Å²) in [5, 5.41) is 22.4. The highest BCUT2D eigenvalue weighted by molar-refractivity contribution is 7.86. The van der Waals surface area contributed by atoms with Gasteiger partial charge < -0.3 is 20.7 Å². The third-order valence-electron chi connectivity index (χ3n) is 6.33. The first-order chi connectivity index (χ1) is 13.9. The van der Waals surface area contributed by atoms with Gasteiger partial charge in [-0.05, 0) is 25.1 Å². The normalized spacial score (nSPS) is 32.0. The average molecular weight is 437 g/mol. The smallest absolute Gasteiger partial charge is 0.351 e. The van der Waals surface area contributed by atoms with Crippen LogP contribution in [0.3, 0.4) is 0 Å². The first-order valence-electron chi connectivity index (χ1n) is 9.27. The predicted molar refractivity (Wildman–Crippen MR) is 105 cm³/mol. The van der Waals surface area contributed by atoms with Gasteiger partial charge in [0.05, 0.1) is 11.5 Å². The van der Waals surface area contributed by atoms with Crippen LogP contribution in [0.2, 0.25) is 0 Å². The largest absolute Gasteiger partial charge is 0.383 e. The van der Waals surface area contributed by atoms with Crippen LogP contribution < -0.4 is 11.4 Å². The van der Waals surface area contributed by atoms with E-state index in [1.807, 2.05) is 6.92 Å². The zero-order chi connectivity index (χ0) is 22.1. The number of ether oxygens (including phenoxy) is 1. The van der Waals surface area contributed by atoms with Gasteiger partial charge in [0.1, 0.15) is 23.1 Å². The number of aryl methyl sites for hydroxylation is 1. The van der Waals surface area contributed by atoms with Crippen molar-refractivity contribution in [2.45, 2.75) is 49.2 Å². The van der Waals surface area contributed by atoms with E-state index in [0.717, 1.165) is 10.1 Å². The van der Waals surface area contributed by atoms with Crippen LogP contribution in [-0.4, -0.2) is 52.1 Å². The van der Waals surface area contributed by atoms with E-state index in [4.69, 9.17) is 14.7 Å². The summed E-state index contributed by atoms with van der Waals surface area (Å²) >= 11 is 0. The summed E-state index contributed by atoms with van der Waals surface area (Å²) in [6.45, 7) is 4.47. The molecule has 1 saturated heterocycles. The van der Waals surface area contributed by atoms with Crippen LogP contribution in [0.25, 0.3) is 0 Å². The van der Waals surface area contributed by atoms with Gasteiger partial charge in [-0.25, -0.2) is 4.79 Å². The molecule has 11 heteroatoms. The zero-order valence-corrected chi connectivity index (χ0v) is 17.5. The Morgan fingerprint density at radius 3 is 2.43 bits per heavy atom. The van der Waals surface area contributed by atoms with Gasteiger partial charge in [0.25, 0.3) is 10.1 Å². The molecule has 0 radical (unpaired) electrons. The molecule has 1 aliphatic heterocycles. The molecule has 1 aromatic heterocycles. The molecule has 4 N–H and O–H groups in total. The van der Waals surface area contributed by atoms with E-state index in [0.29, 0.717) is 0 Å². The molecular formula is C19H23N3O7S. The van der Waals surface area contributed by atoms with Crippen LogP contribution in [0.1, 0.15) is 25.6 Å². The molecule has 0 spiro atoms. The molecule has 2 heterocycles. The number of nitrogens with zero attached hydrogens (tertiary/aromatic N) is 2. The van der Waals surface area contributed by atoms with Gasteiger partial charge >= 0.3 is 5.69 Å². The number of aliphatic hydroxyl groups is 2. The van der Waals surface area contributed by atoms with E-state index in [2.05, 4.69) is 4.98 Å². The Morgan fingerprint density at radius 2 is 1.83 bits per heavy atom. The molecule has 1 saturated carbocycles. The molecule has 30 heavy (non-hydrogen) atoms. The highest BCUT2D eigenvalue weighted by atomic mass is 32.2. The highest BCUT2D eigenvalue weighted by Crippen LogP contribution is 2.75. The molecule has 10 nitrogen and oxygen atoms in total. The third kappa shape index (κ3) is 2.59. The fourth-order valence-electron chi connectivity index (χ4n) is 4.35. The van der Waals surface area contributed by atoms with Gasteiger partial charge in [0, 0.05) is 11.6 Å². The third-order valence-corrected chi connectivity index (χ3v) is 7.63. The van der Waals surface area contributed by atoms with Crippen LogP contribution in [0.4, 0.5) is 5.82 Å². The van der Waals surface area contributed by atoms with Crippen molar-refractivity contribution in [2.24, 2.45) is 5.41 Å². The van der Waals surface area contributed by atoms with Crippen molar-refractivity contribution in [3.63, 3.8) is 0 Å². The predicted octanol–water partition coefficient (Wildman–Crippen LogP) is -0.0612. The Kier molecular flexibility index (Phi) is 4.43. The number of nitrogen functional groups attached to an aromatic ring is 1. The molecule has 1 aromatic carbocycles. The molecule has 0 unspecified atom stereocenters. The Hall–Kier alpha value is -2.31. The van der Waals surface area contributed by atoms with Gasteiger partial charge in [-0.1, -0.05) is 31.5 Å². The van der Waals surface area contributed by atoms with E-state index in [1.165, 1.54) is 24.4 Å². The summed E-state index contributed by atoms with van der Waals surface area (Å²) in [6, 6.07) is 7.45. The summed E-state index contributed by atoms with van der Waals surface area (Å²) in [5.41, 5.74) is 0.820. The lowest BCUT2D eigenvalue weighted by atomic mass is 10.0. The van der Waals surface area contributed by atoms with Crippen LogP contribution in [0, 0.1) is 12.3 Å². The SMILES string of the molecule is Cc1ccc(S(=O)(=O)OC[C@H]2O[C@@H](n3ccc(N)nc3=O)[C@@]3(O)C(C)(C)[C@@]23O)cc1. The maximum atomic E-state index is 12.5. The van der Waals surface area contributed by atoms with Gasteiger partial charge in [-0.3, -0.25) is 8.75 Å². The lowest BCUT2D eigenvalue weighted by Crippen LogP contribution is -2.39. The first kappa shape index (κ1) is 20.9. The Labute approximate surface area is 173 Å². The van der Waals surface area contributed by atoms with Gasteiger partial charge in [0.2, 0.25) is 0 Å². The molecule has 2 aliphatic rings. The van der Waals surface area contributed by atoms with Crippen molar-refractivity contribution in [3.8, 4) is 0 Å². The van der Waals surface area contributed by atoms with Crippen LogP contribution >= 0.6 is 0 Å². The minimum atomic E-state index is -4.12. The molecule has 2 fully saturated rings. The Balaban J connectivity index is 1.62. The molecule has 2 aromatic rings. The maximum Gasteiger partial charge on any atom is 0.351 e. The molecule has 162 valence electrons. The standard InChI is InChI=1S/C19H23N3O7S/c1-11-4-6-12(7-5-11)30(26,27)28-10-13-18(24)17(2,3)19(18,25)15(29-13)22-9-8-14(20)21-16(22)23/h4-9,13,15,24-25H,10H2,1-3H3,(H2,20,21,23)/t13-,15-,18+,19-/m1/s1. The number of aromatic nitrogens is 2. The lowest BCUT2D eigenvalue weighted by molar-refractivity contribution is -0.123. The molecule has 0 amide bonds. The zero-order valence-electron chi connectivity index (χ0n) is 16.6. The summed E-state index contributed by atoms with van der Waals surface area (Å²) in [5.74, 6) is -0.00405. The van der Waals surface area contributed by atoms with E-state index in [9.17, 15) is 23.4 Å². The van der Waals surface area contributed by atoms with E-state index in [1.54, 1.807) is 26.0 Å². The van der Waals surface area contributed by atoms with E-state index < -0.39 is 51.4 Å². The Bertz CT molecular complexity index is 1160. The molecule has 0 bridgehead atoms. The van der Waals surface area contributed by atoms with Gasteiger partial charge in [0.15, 0.2) is 6.23 Å². The monoisotopic (exact) mass is 437 g/mol. The molecular weight excluding hydrogens is 414 g/mol. The Morgan fingerprint density at radius 1 is 1.20 bits per heavy atom. The molecule has 4 atom stereocenters. The van der Waals surface area contributed by atoms with Crippen molar-refractivity contribution in [2.75, 3.05) is 12.3 Å². The lowest BCUT2D eigenvalue weighted by Gasteiger charge is -2.27. The van der Waals surface area contributed by atoms with E-state index in [-0.39, 0.29) is 10.7 Å². The number of benzene rings is 1. The summed E-state index contributed by atoms with van der Waals surface area (Å²) in [4.78, 5) is 15.8. The summed E-state index contributed by atoms with van der Waals surface area (Å²) in [6.07, 6.45) is -1.21. The van der Waals surface area contributed by atoms with Gasteiger partial charge in [-0.15, -0.1) is 0 Å². The minimum Gasteiger partial charge on any atom is -0.383 e. The highest BCUT2D eigenvalue weighted by Gasteiger charge is 2.92. The van der Waals surface area contributed by atoms with Crippen LogP contribution in [0.15, 0.2) is 46.2 Å². The first-order valence-corrected chi connectivity index (χ1v) is 10.7. The topological polar surface area (TPSA) is 154 Å². The van der Waals surface area contributed by atoms with Crippen molar-refractivity contribution >= 4 is 15.9 Å². The van der Waals surface area contributed by atoms with E-state index >= 15 is 0 Å². The number of hydrogen-bond acceptors (Lipinski definition) is 9. The fourth-order valence-corrected chi connectivity index (χ4v) is 5.26. The molecule has 1 aliphatic carbocycles. The number of anilines is 1.